The maximum absolute atomic E-state index is 5.79. The van der Waals surface area contributed by atoms with E-state index >= 15 is 0 Å². The second-order valence-electron chi connectivity index (χ2n) is 12.5. The second kappa shape index (κ2) is 10.3. The first-order valence-electron chi connectivity index (χ1n) is 15.3. The molecule has 3 fully saturated rings. The van der Waals surface area contributed by atoms with Gasteiger partial charge in [-0.1, -0.05) is 49.0 Å². The molecule has 40 heavy (non-hydrogen) atoms. The zero-order valence-electron chi connectivity index (χ0n) is 24.1. The van der Waals surface area contributed by atoms with E-state index in [0.717, 1.165) is 42.9 Å². The monoisotopic (exact) mass is 534 g/mol. The third-order valence-electron chi connectivity index (χ3n) is 10.5. The van der Waals surface area contributed by atoms with E-state index in [1.165, 1.54) is 61.1 Å². The van der Waals surface area contributed by atoms with Gasteiger partial charge in [-0.05, 0) is 100 Å². The summed E-state index contributed by atoms with van der Waals surface area (Å²) in [6, 6.07) is 24.0. The number of fused-ring (bicyclic) bond motifs is 3. The molecule has 3 aliphatic rings. The lowest BCUT2D eigenvalue weighted by Gasteiger charge is -2.46. The number of nitrogens with zero attached hydrogens (tertiary/aromatic N) is 4. The molecule has 5 nitrogen and oxygen atoms in total. The standard InChI is InChI=1S/C35H42N4O/c1-25-15-22-40-34(25)26(2)37-19-16-35(17-20-37,28-9-5-4-6-10-28)18-21-38-29-13-14-30(38)24-31(23-29)39-27(3)36-32-11-7-8-12-33(32)39/h4-12,15,22,29-31H,2,13-14,16-21,23-24H2,1,3H3/t29-,30+,31?. The van der Waals surface area contributed by atoms with Crippen molar-refractivity contribution in [2.24, 2.45) is 0 Å². The summed E-state index contributed by atoms with van der Waals surface area (Å²) in [5.41, 5.74) is 6.37. The van der Waals surface area contributed by atoms with E-state index in [0.29, 0.717) is 18.1 Å². The Morgan fingerprint density at radius 3 is 2.33 bits per heavy atom. The molecule has 5 heterocycles. The number of piperidine rings is 2. The molecule has 0 aliphatic carbocycles. The molecular weight excluding hydrogens is 492 g/mol. The summed E-state index contributed by atoms with van der Waals surface area (Å²) in [7, 11) is 0. The number of hydrogen-bond acceptors (Lipinski definition) is 4. The van der Waals surface area contributed by atoms with Crippen molar-refractivity contribution in [1.29, 1.82) is 0 Å². The highest BCUT2D eigenvalue weighted by Gasteiger charge is 2.44. The van der Waals surface area contributed by atoms with Crippen LogP contribution < -0.4 is 0 Å². The van der Waals surface area contributed by atoms with Crippen LogP contribution in [0, 0.1) is 13.8 Å². The summed E-state index contributed by atoms with van der Waals surface area (Å²) in [5.74, 6) is 2.10. The fraction of sp³-hybridized carbons (Fsp3) is 0.457. The Morgan fingerprint density at radius 2 is 1.62 bits per heavy atom. The molecule has 2 aromatic heterocycles. The summed E-state index contributed by atoms with van der Waals surface area (Å²) in [5, 5.41) is 0. The van der Waals surface area contributed by atoms with Gasteiger partial charge in [0.25, 0.3) is 0 Å². The molecule has 0 radical (unpaired) electrons. The largest absolute Gasteiger partial charge is 0.463 e. The van der Waals surface area contributed by atoms with Crippen LogP contribution in [-0.4, -0.2) is 51.1 Å². The smallest absolute Gasteiger partial charge is 0.152 e. The Bertz CT molecular complexity index is 1480. The molecule has 0 amide bonds. The van der Waals surface area contributed by atoms with Crippen LogP contribution in [0.25, 0.3) is 16.7 Å². The zero-order valence-corrected chi connectivity index (χ0v) is 24.1. The SMILES string of the molecule is C=C(c1occc1C)N1CCC(CCN2[C@@H]3CC[C@H]2CC(n2c(C)nc4ccccc42)C3)(c2ccccc2)CC1. The Balaban J connectivity index is 1.07. The molecule has 3 saturated heterocycles. The Morgan fingerprint density at radius 1 is 0.925 bits per heavy atom. The number of benzene rings is 2. The van der Waals surface area contributed by atoms with Gasteiger partial charge >= 0.3 is 0 Å². The summed E-state index contributed by atoms with van der Waals surface area (Å²) in [6.45, 7) is 12.0. The predicted octanol–water partition coefficient (Wildman–Crippen LogP) is 7.51. The predicted molar refractivity (Wildman–Crippen MR) is 162 cm³/mol. The third-order valence-corrected chi connectivity index (χ3v) is 10.5. The van der Waals surface area contributed by atoms with Gasteiger partial charge in [-0.3, -0.25) is 4.90 Å². The van der Waals surface area contributed by atoms with Crippen molar-refractivity contribution in [3.05, 3.63) is 96.2 Å². The van der Waals surface area contributed by atoms with E-state index in [-0.39, 0.29) is 5.41 Å². The number of aromatic nitrogens is 2. The minimum Gasteiger partial charge on any atom is -0.463 e. The van der Waals surface area contributed by atoms with Crippen LogP contribution >= 0.6 is 0 Å². The first kappa shape index (κ1) is 25.6. The van der Waals surface area contributed by atoms with Crippen LogP contribution in [0.15, 0.2) is 77.9 Å². The van der Waals surface area contributed by atoms with Gasteiger partial charge in [0, 0.05) is 31.2 Å². The number of rotatable bonds is 7. The number of likely N-dealkylation sites (tertiary alicyclic amines) is 1. The van der Waals surface area contributed by atoms with Crippen LogP contribution in [0.3, 0.4) is 0 Å². The van der Waals surface area contributed by atoms with Gasteiger partial charge in [-0.25, -0.2) is 4.98 Å². The maximum atomic E-state index is 5.79. The van der Waals surface area contributed by atoms with Crippen molar-refractivity contribution >= 4 is 16.7 Å². The van der Waals surface area contributed by atoms with Gasteiger partial charge in [0.15, 0.2) is 5.76 Å². The molecule has 3 atom stereocenters. The first-order chi connectivity index (χ1) is 19.5. The molecular formula is C35H42N4O. The van der Waals surface area contributed by atoms with E-state index in [9.17, 15) is 0 Å². The molecule has 5 heteroatoms. The van der Waals surface area contributed by atoms with Gasteiger partial charge in [-0.15, -0.1) is 0 Å². The van der Waals surface area contributed by atoms with Crippen molar-refractivity contribution in [2.45, 2.75) is 82.3 Å². The Hall–Kier alpha value is -3.31. The minimum atomic E-state index is 0.212. The van der Waals surface area contributed by atoms with Crippen LogP contribution in [0.4, 0.5) is 0 Å². The summed E-state index contributed by atoms with van der Waals surface area (Å²) in [4.78, 5) is 10.2. The van der Waals surface area contributed by atoms with Gasteiger partial charge in [0.2, 0.25) is 0 Å². The maximum Gasteiger partial charge on any atom is 0.152 e. The average molecular weight is 535 g/mol. The van der Waals surface area contributed by atoms with Gasteiger partial charge < -0.3 is 13.9 Å². The van der Waals surface area contributed by atoms with Crippen molar-refractivity contribution in [3.8, 4) is 0 Å². The van der Waals surface area contributed by atoms with E-state index in [4.69, 9.17) is 9.40 Å². The quantitative estimate of drug-likeness (QED) is 0.246. The van der Waals surface area contributed by atoms with Crippen LogP contribution in [0.5, 0.6) is 0 Å². The number of aryl methyl sites for hydroxylation is 2. The molecule has 0 saturated carbocycles. The lowest BCUT2D eigenvalue weighted by molar-refractivity contribution is 0.0881. The van der Waals surface area contributed by atoms with E-state index < -0.39 is 0 Å². The minimum absolute atomic E-state index is 0.212. The molecule has 1 unspecified atom stereocenters. The molecule has 4 aromatic rings. The van der Waals surface area contributed by atoms with Gasteiger partial charge in [0.1, 0.15) is 5.82 Å². The van der Waals surface area contributed by atoms with Crippen LogP contribution in [0.1, 0.15) is 73.7 Å². The summed E-state index contributed by atoms with van der Waals surface area (Å²) < 4.78 is 8.33. The highest BCUT2D eigenvalue weighted by Crippen LogP contribution is 2.45. The number of imidazole rings is 1. The van der Waals surface area contributed by atoms with E-state index in [1.54, 1.807) is 6.26 Å². The molecule has 3 aliphatic heterocycles. The van der Waals surface area contributed by atoms with Crippen molar-refractivity contribution < 1.29 is 4.42 Å². The van der Waals surface area contributed by atoms with Crippen LogP contribution in [0.2, 0.25) is 0 Å². The molecule has 2 bridgehead atoms. The topological polar surface area (TPSA) is 37.4 Å². The number of hydrogen-bond donors (Lipinski definition) is 0. The molecule has 208 valence electrons. The molecule has 0 N–H and O–H groups in total. The van der Waals surface area contributed by atoms with Crippen molar-refractivity contribution in [3.63, 3.8) is 0 Å². The lowest BCUT2D eigenvalue weighted by atomic mass is 9.70. The second-order valence-corrected chi connectivity index (χ2v) is 12.5. The lowest BCUT2D eigenvalue weighted by Crippen LogP contribution is -2.47. The fourth-order valence-corrected chi connectivity index (χ4v) is 8.28. The van der Waals surface area contributed by atoms with Gasteiger partial charge in [0.05, 0.1) is 23.0 Å². The average Bonchev–Trinajstić information content (AvgIpc) is 3.63. The summed E-state index contributed by atoms with van der Waals surface area (Å²) in [6.07, 6.45) is 10.5. The zero-order chi connectivity index (χ0) is 27.3. The Kier molecular flexibility index (Phi) is 6.58. The summed E-state index contributed by atoms with van der Waals surface area (Å²) >= 11 is 0. The number of para-hydroxylation sites is 2. The molecule has 7 rings (SSSR count). The molecule has 0 spiro atoms. The number of furan rings is 1. The van der Waals surface area contributed by atoms with Crippen molar-refractivity contribution in [2.75, 3.05) is 19.6 Å². The van der Waals surface area contributed by atoms with E-state index in [1.807, 2.05) is 6.07 Å². The van der Waals surface area contributed by atoms with E-state index in [2.05, 4.69) is 89.4 Å². The molecule has 2 aromatic carbocycles. The van der Waals surface area contributed by atoms with Gasteiger partial charge in [-0.2, -0.15) is 0 Å². The highest BCUT2D eigenvalue weighted by atomic mass is 16.3. The normalized spacial score (nSPS) is 24.6. The Labute approximate surface area is 238 Å². The third kappa shape index (κ3) is 4.39. The fourth-order valence-electron chi connectivity index (χ4n) is 8.28. The highest BCUT2D eigenvalue weighted by molar-refractivity contribution is 5.76. The van der Waals surface area contributed by atoms with Crippen molar-refractivity contribution in [1.82, 2.24) is 19.4 Å². The van der Waals surface area contributed by atoms with Crippen LogP contribution in [-0.2, 0) is 5.41 Å². The first-order valence-corrected chi connectivity index (χ1v) is 15.3.